The highest BCUT2D eigenvalue weighted by Crippen LogP contribution is 2.39. The molecule has 0 unspecified atom stereocenters. The van der Waals surface area contributed by atoms with Crippen molar-refractivity contribution in [2.24, 2.45) is 4.99 Å². The average molecular weight is 340 g/mol. The number of carbonyl (C=O) groups excluding carboxylic acids is 1. The van der Waals surface area contributed by atoms with Crippen molar-refractivity contribution in [1.82, 2.24) is 4.98 Å². The number of cyclic esters (lactones) is 1. The number of benzene rings is 1. The van der Waals surface area contributed by atoms with Crippen LogP contribution in [0.25, 0.3) is 6.08 Å². The molecule has 1 aliphatic heterocycles. The van der Waals surface area contributed by atoms with E-state index in [1.165, 1.54) is 21.3 Å². The molecule has 0 N–H and O–H groups in total. The van der Waals surface area contributed by atoms with Gasteiger partial charge < -0.3 is 18.9 Å². The van der Waals surface area contributed by atoms with Crippen molar-refractivity contribution in [1.29, 1.82) is 0 Å². The fraction of sp³-hybridized carbons (Fsp3) is 0.167. The Morgan fingerprint density at radius 1 is 1.00 bits per heavy atom. The number of esters is 1. The Morgan fingerprint density at radius 2 is 1.64 bits per heavy atom. The number of ether oxygens (including phenoxy) is 4. The number of aromatic nitrogens is 1. The first-order valence-corrected chi connectivity index (χ1v) is 7.39. The van der Waals surface area contributed by atoms with Crippen molar-refractivity contribution < 1.29 is 23.7 Å². The molecular formula is C18H16N2O5. The molecule has 0 amide bonds. The minimum absolute atomic E-state index is 0.171. The van der Waals surface area contributed by atoms with Gasteiger partial charge in [0.1, 0.15) is 0 Å². The van der Waals surface area contributed by atoms with Gasteiger partial charge in [-0.05, 0) is 35.9 Å². The zero-order valence-corrected chi connectivity index (χ0v) is 14.0. The van der Waals surface area contributed by atoms with Crippen molar-refractivity contribution in [3.05, 3.63) is 53.5 Å². The molecule has 0 saturated carbocycles. The van der Waals surface area contributed by atoms with Gasteiger partial charge >= 0.3 is 5.97 Å². The molecule has 7 nitrogen and oxygen atoms in total. The number of methoxy groups -OCH3 is 3. The second kappa shape index (κ2) is 7.04. The highest BCUT2D eigenvalue weighted by Gasteiger charge is 2.26. The van der Waals surface area contributed by atoms with Crippen LogP contribution in [0.5, 0.6) is 17.2 Å². The zero-order valence-electron chi connectivity index (χ0n) is 14.0. The van der Waals surface area contributed by atoms with Crippen molar-refractivity contribution in [2.75, 3.05) is 21.3 Å². The van der Waals surface area contributed by atoms with Crippen LogP contribution in [0, 0.1) is 0 Å². The Morgan fingerprint density at radius 3 is 2.20 bits per heavy atom. The maximum Gasteiger partial charge on any atom is 0.363 e. The highest BCUT2D eigenvalue weighted by atomic mass is 16.6. The predicted molar refractivity (Wildman–Crippen MR) is 90.9 cm³/mol. The monoisotopic (exact) mass is 340 g/mol. The van der Waals surface area contributed by atoms with E-state index >= 15 is 0 Å². The van der Waals surface area contributed by atoms with Gasteiger partial charge in [0, 0.05) is 18.0 Å². The van der Waals surface area contributed by atoms with E-state index in [-0.39, 0.29) is 11.6 Å². The number of carbonyl (C=O) groups is 1. The highest BCUT2D eigenvalue weighted by molar-refractivity contribution is 6.13. The van der Waals surface area contributed by atoms with Gasteiger partial charge in [0.2, 0.25) is 11.6 Å². The van der Waals surface area contributed by atoms with Crippen molar-refractivity contribution in [2.45, 2.75) is 0 Å². The van der Waals surface area contributed by atoms with E-state index in [0.29, 0.717) is 22.8 Å². The normalized spacial score (nSPS) is 14.9. The standard InChI is InChI=1S/C18H16N2O5/c1-22-14-9-12(10-15(23-2)16(14)24-3)17-20-13(18(21)25-17)8-11-4-6-19-7-5-11/h4-10H,1-3H3. The Balaban J connectivity index is 2.01. The number of aliphatic imine (C=N–C) groups is 1. The van der Waals surface area contributed by atoms with Crippen LogP contribution < -0.4 is 14.2 Å². The van der Waals surface area contributed by atoms with E-state index < -0.39 is 5.97 Å². The molecule has 0 bridgehead atoms. The van der Waals surface area contributed by atoms with Crippen LogP contribution in [0.15, 0.2) is 47.3 Å². The summed E-state index contributed by atoms with van der Waals surface area (Å²) in [4.78, 5) is 20.3. The molecule has 3 rings (SSSR count). The zero-order chi connectivity index (χ0) is 17.8. The van der Waals surface area contributed by atoms with Gasteiger partial charge in [-0.25, -0.2) is 9.79 Å². The third kappa shape index (κ3) is 3.30. The molecule has 0 saturated heterocycles. The van der Waals surface area contributed by atoms with E-state index in [4.69, 9.17) is 18.9 Å². The number of pyridine rings is 1. The van der Waals surface area contributed by atoms with E-state index in [9.17, 15) is 4.79 Å². The second-order valence-electron chi connectivity index (χ2n) is 5.03. The first kappa shape index (κ1) is 16.5. The minimum atomic E-state index is -0.527. The van der Waals surface area contributed by atoms with Gasteiger partial charge in [0.25, 0.3) is 0 Å². The number of hydrogen-bond donors (Lipinski definition) is 0. The largest absolute Gasteiger partial charge is 0.493 e. The molecule has 1 aromatic heterocycles. The molecule has 0 radical (unpaired) electrons. The summed E-state index contributed by atoms with van der Waals surface area (Å²) in [6, 6.07) is 6.88. The van der Waals surface area contributed by atoms with Crippen LogP contribution in [0.4, 0.5) is 0 Å². The molecule has 0 fully saturated rings. The summed E-state index contributed by atoms with van der Waals surface area (Å²) >= 11 is 0. The van der Waals surface area contributed by atoms with E-state index in [1.807, 2.05) is 0 Å². The molecule has 0 aliphatic carbocycles. The molecule has 128 valence electrons. The summed E-state index contributed by atoms with van der Waals surface area (Å²) in [6.07, 6.45) is 4.90. The predicted octanol–water partition coefficient (Wildman–Crippen LogP) is 2.45. The molecule has 25 heavy (non-hydrogen) atoms. The van der Waals surface area contributed by atoms with E-state index in [2.05, 4.69) is 9.98 Å². The quantitative estimate of drug-likeness (QED) is 0.614. The Hall–Kier alpha value is -3.35. The molecule has 7 heteroatoms. The van der Waals surface area contributed by atoms with Gasteiger partial charge in [0.05, 0.1) is 21.3 Å². The second-order valence-corrected chi connectivity index (χ2v) is 5.03. The van der Waals surface area contributed by atoms with Crippen molar-refractivity contribution in [3.63, 3.8) is 0 Å². The van der Waals surface area contributed by atoms with Crippen LogP contribution >= 0.6 is 0 Å². The van der Waals surface area contributed by atoms with Crippen LogP contribution in [0.1, 0.15) is 11.1 Å². The Kier molecular flexibility index (Phi) is 4.65. The number of hydrogen-bond acceptors (Lipinski definition) is 7. The van der Waals surface area contributed by atoms with Crippen LogP contribution in [0.3, 0.4) is 0 Å². The van der Waals surface area contributed by atoms with E-state index in [1.54, 1.807) is 42.7 Å². The van der Waals surface area contributed by atoms with Gasteiger partial charge in [0.15, 0.2) is 17.2 Å². The topological polar surface area (TPSA) is 79.2 Å². The lowest BCUT2D eigenvalue weighted by atomic mass is 10.1. The first-order chi connectivity index (χ1) is 12.2. The fourth-order valence-electron chi connectivity index (χ4n) is 2.35. The Labute approximate surface area is 144 Å². The van der Waals surface area contributed by atoms with Gasteiger partial charge in [-0.1, -0.05) is 0 Å². The van der Waals surface area contributed by atoms with Crippen LogP contribution in [-0.4, -0.2) is 38.2 Å². The SMILES string of the molecule is COc1cc(C2=NC(=Cc3ccncc3)C(=O)O2)cc(OC)c1OC. The maximum atomic E-state index is 12.1. The summed E-state index contributed by atoms with van der Waals surface area (Å²) < 4.78 is 21.2. The molecule has 2 heterocycles. The van der Waals surface area contributed by atoms with Crippen LogP contribution in [0.2, 0.25) is 0 Å². The fourth-order valence-corrected chi connectivity index (χ4v) is 2.35. The smallest absolute Gasteiger partial charge is 0.363 e. The summed E-state index contributed by atoms with van der Waals surface area (Å²) in [5, 5.41) is 0. The van der Waals surface area contributed by atoms with Gasteiger partial charge in [-0.2, -0.15) is 0 Å². The molecular weight excluding hydrogens is 324 g/mol. The third-order valence-corrected chi connectivity index (χ3v) is 3.54. The first-order valence-electron chi connectivity index (χ1n) is 7.39. The molecule has 1 aliphatic rings. The lowest BCUT2D eigenvalue weighted by Crippen LogP contribution is -2.06. The summed E-state index contributed by atoms with van der Waals surface area (Å²) in [6.45, 7) is 0. The summed E-state index contributed by atoms with van der Waals surface area (Å²) in [7, 11) is 4.54. The van der Waals surface area contributed by atoms with E-state index in [0.717, 1.165) is 5.56 Å². The van der Waals surface area contributed by atoms with Gasteiger partial charge in [-0.15, -0.1) is 0 Å². The third-order valence-electron chi connectivity index (χ3n) is 3.54. The average Bonchev–Trinajstić information content (AvgIpc) is 3.01. The van der Waals surface area contributed by atoms with Crippen molar-refractivity contribution >= 4 is 17.9 Å². The molecule has 0 atom stereocenters. The molecule has 0 spiro atoms. The molecule has 1 aromatic carbocycles. The van der Waals surface area contributed by atoms with Gasteiger partial charge in [-0.3, -0.25) is 4.98 Å². The molecule has 2 aromatic rings. The maximum absolute atomic E-state index is 12.1. The summed E-state index contributed by atoms with van der Waals surface area (Å²) in [5.74, 6) is 0.987. The lowest BCUT2D eigenvalue weighted by molar-refractivity contribution is -0.129. The Bertz CT molecular complexity index is 834. The lowest BCUT2D eigenvalue weighted by Gasteiger charge is -2.13. The number of nitrogens with zero attached hydrogens (tertiary/aromatic N) is 2. The summed E-state index contributed by atoms with van der Waals surface area (Å²) in [5.41, 5.74) is 1.55. The minimum Gasteiger partial charge on any atom is -0.493 e. The van der Waals surface area contributed by atoms with Crippen LogP contribution in [-0.2, 0) is 9.53 Å². The number of rotatable bonds is 5. The van der Waals surface area contributed by atoms with Crippen molar-refractivity contribution in [3.8, 4) is 17.2 Å².